The Kier molecular flexibility index (Phi) is 5.14. The fourth-order valence-corrected chi connectivity index (χ4v) is 4.98. The van der Waals surface area contributed by atoms with E-state index in [9.17, 15) is 4.79 Å². The van der Waals surface area contributed by atoms with Crippen LogP contribution < -0.4 is 5.56 Å². The average Bonchev–Trinajstić information content (AvgIpc) is 3.05. The highest BCUT2D eigenvalue weighted by Crippen LogP contribution is 2.34. The van der Waals surface area contributed by atoms with E-state index in [2.05, 4.69) is 11.9 Å². The minimum atomic E-state index is 0.131. The molecule has 0 spiro atoms. The number of unbranched alkanes of at least 4 members (excludes halogenated alkanes) is 5. The summed E-state index contributed by atoms with van der Waals surface area (Å²) in [6, 6.07) is 0. The molecule has 0 unspecified atom stereocenters. The number of thiophene rings is 1. The number of hydrogen-bond acceptors (Lipinski definition) is 3. The lowest BCUT2D eigenvalue weighted by molar-refractivity contribution is 0.544. The molecule has 1 aliphatic rings. The van der Waals surface area contributed by atoms with Crippen LogP contribution in [-0.2, 0) is 19.4 Å². The van der Waals surface area contributed by atoms with Gasteiger partial charge in [-0.05, 0) is 43.5 Å². The van der Waals surface area contributed by atoms with Crippen molar-refractivity contribution < 1.29 is 0 Å². The fourth-order valence-electron chi connectivity index (χ4n) is 3.36. The van der Waals surface area contributed by atoms with Crippen molar-refractivity contribution in [1.29, 1.82) is 0 Å². The van der Waals surface area contributed by atoms with E-state index in [-0.39, 0.29) is 5.56 Å². The Morgan fingerprint density at radius 3 is 2.77 bits per heavy atom. The Hall–Kier alpha value is -0.940. The fraction of sp³-hybridized carbons (Fsp3) is 0.647. The van der Waals surface area contributed by atoms with Gasteiger partial charge in [0, 0.05) is 11.4 Å². The first-order valence-corrected chi connectivity index (χ1v) is 9.72. The van der Waals surface area contributed by atoms with Gasteiger partial charge < -0.3 is 4.98 Å². The van der Waals surface area contributed by atoms with Crippen molar-refractivity contribution in [3.8, 4) is 0 Å². The normalized spacial score (nSPS) is 13.9. The van der Waals surface area contributed by atoms with Crippen LogP contribution in [0.25, 0.3) is 10.2 Å². The molecule has 0 atom stereocenters. The zero-order valence-corrected chi connectivity index (χ0v) is 14.9. The molecular formula is C17H24N2OS2. The zero-order valence-electron chi connectivity index (χ0n) is 13.2. The largest absolute Gasteiger partial charge is 0.323 e. The summed E-state index contributed by atoms with van der Waals surface area (Å²) in [4.78, 5) is 18.5. The van der Waals surface area contributed by atoms with Crippen LogP contribution in [0.3, 0.4) is 0 Å². The molecule has 1 aliphatic carbocycles. The second-order valence-electron chi connectivity index (χ2n) is 6.22. The van der Waals surface area contributed by atoms with Crippen molar-refractivity contribution in [3.63, 3.8) is 0 Å². The smallest absolute Gasteiger partial charge is 0.263 e. The Morgan fingerprint density at radius 1 is 1.18 bits per heavy atom. The van der Waals surface area contributed by atoms with Crippen LogP contribution >= 0.6 is 23.6 Å². The number of fused-ring (bicyclic) bond motifs is 3. The number of H-pyrrole nitrogens is 1. The van der Waals surface area contributed by atoms with E-state index in [4.69, 9.17) is 12.2 Å². The van der Waals surface area contributed by atoms with Gasteiger partial charge in [0.2, 0.25) is 0 Å². The SMILES string of the molecule is CCCCCCCCn1c(=S)[nH]c2sc3c(c2c1=O)CCC3. The molecule has 1 N–H and O–H groups in total. The lowest BCUT2D eigenvalue weighted by Gasteiger charge is -2.07. The van der Waals surface area contributed by atoms with Gasteiger partial charge in [0.05, 0.1) is 5.39 Å². The summed E-state index contributed by atoms with van der Waals surface area (Å²) in [5.74, 6) is 0. The molecular weight excluding hydrogens is 312 g/mol. The number of hydrogen-bond donors (Lipinski definition) is 1. The minimum Gasteiger partial charge on any atom is -0.323 e. The molecule has 5 heteroatoms. The maximum atomic E-state index is 12.8. The topological polar surface area (TPSA) is 37.8 Å². The number of nitrogens with one attached hydrogen (secondary N) is 1. The highest BCUT2D eigenvalue weighted by Gasteiger charge is 2.21. The molecule has 120 valence electrons. The van der Waals surface area contributed by atoms with Crippen LogP contribution in [0.2, 0.25) is 0 Å². The Balaban J connectivity index is 1.78. The first-order valence-electron chi connectivity index (χ1n) is 8.49. The lowest BCUT2D eigenvalue weighted by Crippen LogP contribution is -2.22. The summed E-state index contributed by atoms with van der Waals surface area (Å²) < 4.78 is 2.37. The van der Waals surface area contributed by atoms with Crippen molar-refractivity contribution in [3.05, 3.63) is 25.6 Å². The van der Waals surface area contributed by atoms with Crippen LogP contribution in [0.5, 0.6) is 0 Å². The second kappa shape index (κ2) is 7.09. The van der Waals surface area contributed by atoms with Crippen molar-refractivity contribution in [2.24, 2.45) is 0 Å². The standard InChI is InChI=1S/C17H24N2OS2/c1-2-3-4-5-6-7-11-19-16(20)14-12-9-8-10-13(12)22-15(14)18-17(19)21/h2-11H2,1H3,(H,18,21). The summed E-state index contributed by atoms with van der Waals surface area (Å²) in [5, 5.41) is 0.914. The molecule has 3 nitrogen and oxygen atoms in total. The number of rotatable bonds is 7. The molecule has 2 heterocycles. The quantitative estimate of drug-likeness (QED) is 0.572. The van der Waals surface area contributed by atoms with E-state index in [1.165, 1.54) is 49.0 Å². The van der Waals surface area contributed by atoms with Gasteiger partial charge in [0.15, 0.2) is 4.77 Å². The molecule has 0 fully saturated rings. The number of nitrogens with zero attached hydrogens (tertiary/aromatic N) is 1. The van der Waals surface area contributed by atoms with E-state index in [1.54, 1.807) is 15.9 Å². The van der Waals surface area contributed by atoms with E-state index >= 15 is 0 Å². The van der Waals surface area contributed by atoms with Gasteiger partial charge in [-0.15, -0.1) is 11.3 Å². The van der Waals surface area contributed by atoms with Crippen LogP contribution in [-0.4, -0.2) is 9.55 Å². The molecule has 2 aromatic rings. The third-order valence-corrected chi connectivity index (χ3v) is 6.11. The summed E-state index contributed by atoms with van der Waals surface area (Å²) in [7, 11) is 0. The van der Waals surface area contributed by atoms with Gasteiger partial charge in [0.25, 0.3) is 5.56 Å². The Labute approximate surface area is 140 Å². The van der Waals surface area contributed by atoms with Crippen LogP contribution in [0.1, 0.15) is 62.3 Å². The summed E-state index contributed by atoms with van der Waals surface area (Å²) in [6.45, 7) is 2.98. The van der Waals surface area contributed by atoms with Crippen molar-refractivity contribution >= 4 is 33.8 Å². The number of aromatic amines is 1. The third-order valence-electron chi connectivity index (χ3n) is 4.58. The van der Waals surface area contributed by atoms with Gasteiger partial charge in [0.1, 0.15) is 4.83 Å². The van der Waals surface area contributed by atoms with Crippen LogP contribution in [0.4, 0.5) is 0 Å². The maximum absolute atomic E-state index is 12.8. The lowest BCUT2D eigenvalue weighted by atomic mass is 10.1. The number of aromatic nitrogens is 2. The highest BCUT2D eigenvalue weighted by atomic mass is 32.1. The monoisotopic (exact) mass is 336 g/mol. The highest BCUT2D eigenvalue weighted by molar-refractivity contribution is 7.71. The predicted molar refractivity (Wildman–Crippen MR) is 96.7 cm³/mol. The molecule has 0 saturated carbocycles. The molecule has 0 saturated heterocycles. The molecule has 0 aliphatic heterocycles. The predicted octanol–water partition coefficient (Wildman–Crippen LogP) is 4.97. The summed E-state index contributed by atoms with van der Waals surface area (Å²) in [5.41, 5.74) is 1.42. The first-order chi connectivity index (χ1) is 10.7. The molecule has 3 rings (SSSR count). The second-order valence-corrected chi connectivity index (χ2v) is 7.71. The van der Waals surface area contributed by atoms with Crippen LogP contribution in [0.15, 0.2) is 4.79 Å². The molecule has 2 aromatic heterocycles. The van der Waals surface area contributed by atoms with E-state index in [0.29, 0.717) is 4.77 Å². The molecule has 0 amide bonds. The zero-order chi connectivity index (χ0) is 15.5. The Bertz CT molecular complexity index is 769. The van der Waals surface area contributed by atoms with Crippen LogP contribution in [0, 0.1) is 4.77 Å². The van der Waals surface area contributed by atoms with Gasteiger partial charge in [-0.1, -0.05) is 39.0 Å². The summed E-state index contributed by atoms with van der Waals surface area (Å²) in [6.07, 6.45) is 10.7. The third kappa shape index (κ3) is 3.06. The minimum absolute atomic E-state index is 0.131. The van der Waals surface area contributed by atoms with E-state index in [0.717, 1.165) is 36.0 Å². The molecule has 0 aromatic carbocycles. The first kappa shape index (κ1) is 15.9. The van der Waals surface area contributed by atoms with Crippen molar-refractivity contribution in [1.82, 2.24) is 9.55 Å². The van der Waals surface area contributed by atoms with Crippen molar-refractivity contribution in [2.45, 2.75) is 71.3 Å². The van der Waals surface area contributed by atoms with Crippen molar-refractivity contribution in [2.75, 3.05) is 0 Å². The van der Waals surface area contributed by atoms with E-state index in [1.807, 2.05) is 0 Å². The molecule has 22 heavy (non-hydrogen) atoms. The van der Waals surface area contributed by atoms with Gasteiger partial charge in [-0.3, -0.25) is 9.36 Å². The average molecular weight is 337 g/mol. The van der Waals surface area contributed by atoms with Gasteiger partial charge >= 0.3 is 0 Å². The Morgan fingerprint density at radius 2 is 1.95 bits per heavy atom. The van der Waals surface area contributed by atoms with E-state index < -0.39 is 0 Å². The number of aryl methyl sites for hydroxylation is 2. The van der Waals surface area contributed by atoms with Gasteiger partial charge in [-0.2, -0.15) is 0 Å². The van der Waals surface area contributed by atoms with Gasteiger partial charge in [-0.25, -0.2) is 0 Å². The summed E-state index contributed by atoms with van der Waals surface area (Å²) >= 11 is 7.13. The molecule has 0 radical (unpaired) electrons. The maximum Gasteiger partial charge on any atom is 0.263 e. The molecule has 0 bridgehead atoms.